The first-order chi connectivity index (χ1) is 13.9. The van der Waals surface area contributed by atoms with Crippen molar-refractivity contribution in [2.75, 3.05) is 22.9 Å². The summed E-state index contributed by atoms with van der Waals surface area (Å²) in [5.41, 5.74) is 5.85. The Labute approximate surface area is 166 Å². The molecule has 2 heterocycles. The third kappa shape index (κ3) is 2.85. The normalized spacial score (nSPS) is 30.8. The van der Waals surface area contributed by atoms with Crippen molar-refractivity contribution in [2.24, 2.45) is 17.6 Å². The van der Waals surface area contributed by atoms with Gasteiger partial charge in [0.15, 0.2) is 5.82 Å². The van der Waals surface area contributed by atoms with Gasteiger partial charge in [0.1, 0.15) is 17.6 Å². The maximum Gasteiger partial charge on any atom is 0.336 e. The zero-order valence-corrected chi connectivity index (χ0v) is 15.8. The molecule has 2 aliphatic heterocycles. The molecular weight excluding hydrogens is 380 g/mol. The van der Waals surface area contributed by atoms with Gasteiger partial charge in [-0.3, -0.25) is 0 Å². The SMILES string of the molecule is N[C@@H]1CC=C[C@@H]2CN(c3c(F)cc4c(c3F)N(C3CC3)C=C(C(=O)O)C4O)C[C@@H]12. The van der Waals surface area contributed by atoms with Crippen LogP contribution in [0.15, 0.2) is 30.0 Å². The molecule has 4 aliphatic rings. The smallest absolute Gasteiger partial charge is 0.336 e. The van der Waals surface area contributed by atoms with Gasteiger partial charge in [0, 0.05) is 42.9 Å². The summed E-state index contributed by atoms with van der Waals surface area (Å²) in [6.07, 6.45) is 6.15. The lowest BCUT2D eigenvalue weighted by Crippen LogP contribution is -2.36. The average Bonchev–Trinajstić information content (AvgIpc) is 3.42. The van der Waals surface area contributed by atoms with Gasteiger partial charge in [-0.05, 0) is 31.2 Å². The van der Waals surface area contributed by atoms with E-state index in [1.165, 1.54) is 6.20 Å². The second-order valence-corrected chi connectivity index (χ2v) is 8.45. The van der Waals surface area contributed by atoms with Gasteiger partial charge < -0.3 is 25.7 Å². The summed E-state index contributed by atoms with van der Waals surface area (Å²) >= 11 is 0. The number of hydrogen-bond donors (Lipinski definition) is 3. The number of aliphatic hydroxyl groups is 1. The Hall–Kier alpha value is -2.45. The fourth-order valence-electron chi connectivity index (χ4n) is 4.92. The van der Waals surface area contributed by atoms with Crippen molar-refractivity contribution in [3.05, 3.63) is 47.2 Å². The summed E-state index contributed by atoms with van der Waals surface area (Å²) in [4.78, 5) is 14.8. The zero-order chi connectivity index (χ0) is 20.4. The van der Waals surface area contributed by atoms with Gasteiger partial charge in [-0.2, -0.15) is 0 Å². The van der Waals surface area contributed by atoms with Crippen LogP contribution in [0.3, 0.4) is 0 Å². The van der Waals surface area contributed by atoms with Gasteiger partial charge in [-0.1, -0.05) is 12.2 Å². The fourth-order valence-corrected chi connectivity index (χ4v) is 4.92. The number of halogens is 2. The molecule has 1 saturated heterocycles. The van der Waals surface area contributed by atoms with Crippen molar-refractivity contribution in [1.82, 2.24) is 0 Å². The molecule has 6 nitrogen and oxygen atoms in total. The molecule has 5 rings (SSSR count). The molecule has 8 heteroatoms. The summed E-state index contributed by atoms with van der Waals surface area (Å²) in [7, 11) is 0. The molecule has 0 aromatic heterocycles. The van der Waals surface area contributed by atoms with Crippen LogP contribution in [-0.2, 0) is 4.79 Å². The van der Waals surface area contributed by atoms with Gasteiger partial charge in [0.05, 0.1) is 11.3 Å². The molecule has 154 valence electrons. The topological polar surface area (TPSA) is 90.0 Å². The molecule has 4 N–H and O–H groups in total. The second kappa shape index (κ2) is 6.53. The highest BCUT2D eigenvalue weighted by Gasteiger charge is 2.43. The number of nitrogens with zero attached hydrogens (tertiary/aromatic N) is 2. The van der Waals surface area contributed by atoms with Gasteiger partial charge in [0.2, 0.25) is 0 Å². The van der Waals surface area contributed by atoms with Crippen LogP contribution in [0, 0.1) is 23.5 Å². The highest BCUT2D eigenvalue weighted by molar-refractivity contribution is 5.91. The molecule has 0 spiro atoms. The maximum atomic E-state index is 15.7. The highest BCUT2D eigenvalue weighted by atomic mass is 19.1. The van der Waals surface area contributed by atoms with Crippen molar-refractivity contribution in [3.8, 4) is 0 Å². The maximum absolute atomic E-state index is 15.7. The molecule has 1 unspecified atom stereocenters. The van der Waals surface area contributed by atoms with Crippen molar-refractivity contribution in [3.63, 3.8) is 0 Å². The van der Waals surface area contributed by atoms with E-state index in [1.54, 1.807) is 9.80 Å². The number of carboxylic acids is 1. The molecule has 2 aliphatic carbocycles. The number of aliphatic carboxylic acids is 1. The number of hydrogen-bond acceptors (Lipinski definition) is 5. The van der Waals surface area contributed by atoms with E-state index in [2.05, 4.69) is 6.08 Å². The second-order valence-electron chi connectivity index (χ2n) is 8.45. The predicted octanol–water partition coefficient (Wildman–Crippen LogP) is 2.29. The van der Waals surface area contributed by atoms with E-state index in [9.17, 15) is 15.0 Å². The van der Waals surface area contributed by atoms with Crippen LogP contribution in [0.4, 0.5) is 20.2 Å². The van der Waals surface area contributed by atoms with Crippen LogP contribution in [0.5, 0.6) is 0 Å². The minimum Gasteiger partial charge on any atom is -0.478 e. The summed E-state index contributed by atoms with van der Waals surface area (Å²) in [5, 5.41) is 19.9. The van der Waals surface area contributed by atoms with Crippen molar-refractivity contribution >= 4 is 17.3 Å². The van der Waals surface area contributed by atoms with E-state index in [-0.39, 0.29) is 46.4 Å². The Morgan fingerprint density at radius 1 is 1.21 bits per heavy atom. The molecular formula is C21H23F2N3O3. The van der Waals surface area contributed by atoms with Crippen molar-refractivity contribution in [1.29, 1.82) is 0 Å². The van der Waals surface area contributed by atoms with Crippen LogP contribution in [0.2, 0.25) is 0 Å². The van der Waals surface area contributed by atoms with Gasteiger partial charge in [-0.15, -0.1) is 0 Å². The monoisotopic (exact) mass is 403 g/mol. The van der Waals surface area contributed by atoms with Crippen LogP contribution >= 0.6 is 0 Å². The first-order valence-electron chi connectivity index (χ1n) is 9.97. The van der Waals surface area contributed by atoms with E-state index in [0.717, 1.165) is 25.3 Å². The zero-order valence-electron chi connectivity index (χ0n) is 15.8. The molecule has 0 amide bonds. The number of aliphatic hydroxyl groups excluding tert-OH is 1. The van der Waals surface area contributed by atoms with E-state index in [0.29, 0.717) is 13.1 Å². The Morgan fingerprint density at radius 3 is 2.62 bits per heavy atom. The van der Waals surface area contributed by atoms with Crippen molar-refractivity contribution < 1.29 is 23.8 Å². The van der Waals surface area contributed by atoms with E-state index in [4.69, 9.17) is 5.73 Å². The third-order valence-corrected chi connectivity index (χ3v) is 6.58. The minimum atomic E-state index is -1.58. The Morgan fingerprint density at radius 2 is 1.97 bits per heavy atom. The van der Waals surface area contributed by atoms with Crippen LogP contribution in [-0.4, -0.2) is 41.4 Å². The van der Waals surface area contributed by atoms with E-state index < -0.39 is 23.7 Å². The predicted molar refractivity (Wildman–Crippen MR) is 103 cm³/mol. The fraction of sp³-hybridized carbons (Fsp3) is 0.476. The summed E-state index contributed by atoms with van der Waals surface area (Å²) in [6.45, 7) is 0.939. The first-order valence-corrected chi connectivity index (χ1v) is 9.97. The van der Waals surface area contributed by atoms with Crippen LogP contribution in [0.1, 0.15) is 30.9 Å². The number of fused-ring (bicyclic) bond motifs is 2. The molecule has 1 aromatic carbocycles. The molecule has 0 radical (unpaired) electrons. The lowest BCUT2D eigenvalue weighted by molar-refractivity contribution is -0.133. The lowest BCUT2D eigenvalue weighted by atomic mass is 9.83. The number of carbonyl (C=O) groups is 1. The number of nitrogens with two attached hydrogens (primary N) is 1. The Kier molecular flexibility index (Phi) is 4.18. The molecule has 1 aromatic rings. The molecule has 1 saturated carbocycles. The standard InChI is InChI=1S/C21H23F2N3O3/c22-15-6-12-18(26(11-4-5-11)9-14(20(12)27)21(28)29)17(23)19(15)25-7-10-2-1-3-16(24)13(10)8-25/h1-2,6,9-11,13,16,20,27H,3-5,7-8,24H2,(H,28,29)/t10-,13-,16-,20?/m1/s1. The lowest BCUT2D eigenvalue weighted by Gasteiger charge is -2.33. The van der Waals surface area contributed by atoms with Crippen LogP contribution < -0.4 is 15.5 Å². The molecule has 2 fully saturated rings. The summed E-state index contributed by atoms with van der Waals surface area (Å²) in [5.74, 6) is -2.56. The van der Waals surface area contributed by atoms with Crippen molar-refractivity contribution in [2.45, 2.75) is 37.5 Å². The molecule has 29 heavy (non-hydrogen) atoms. The number of anilines is 2. The number of carboxylic acid groups (broad SMARTS) is 1. The quantitative estimate of drug-likeness (QED) is 0.671. The minimum absolute atomic E-state index is 0.0374. The van der Waals surface area contributed by atoms with Gasteiger partial charge in [-0.25, -0.2) is 13.6 Å². The van der Waals surface area contributed by atoms with Crippen LogP contribution in [0.25, 0.3) is 0 Å². The number of benzene rings is 1. The highest BCUT2D eigenvalue weighted by Crippen LogP contribution is 2.47. The first kappa shape index (κ1) is 18.6. The van der Waals surface area contributed by atoms with Gasteiger partial charge in [0.25, 0.3) is 0 Å². The summed E-state index contributed by atoms with van der Waals surface area (Å²) < 4.78 is 30.8. The van der Waals surface area contributed by atoms with E-state index in [1.807, 2.05) is 6.08 Å². The largest absolute Gasteiger partial charge is 0.478 e. The third-order valence-electron chi connectivity index (χ3n) is 6.58. The average molecular weight is 403 g/mol. The Balaban J connectivity index is 1.59. The number of rotatable bonds is 3. The molecule has 4 atom stereocenters. The summed E-state index contributed by atoms with van der Waals surface area (Å²) in [6, 6.07) is 1.01. The Bertz CT molecular complexity index is 944. The van der Waals surface area contributed by atoms with E-state index >= 15 is 8.78 Å². The molecule has 0 bridgehead atoms. The van der Waals surface area contributed by atoms with Gasteiger partial charge >= 0.3 is 5.97 Å².